The van der Waals surface area contributed by atoms with Gasteiger partial charge in [-0.1, -0.05) is 36.4 Å². The Balaban J connectivity index is 1.78. The van der Waals surface area contributed by atoms with Crippen LogP contribution in [0.4, 0.5) is 5.69 Å². The molecule has 3 aromatic rings. The molecule has 23 heavy (non-hydrogen) atoms. The Morgan fingerprint density at radius 2 is 1.87 bits per heavy atom. The predicted molar refractivity (Wildman–Crippen MR) is 92.0 cm³/mol. The van der Waals surface area contributed by atoms with E-state index in [1.165, 1.54) is 0 Å². The predicted octanol–water partition coefficient (Wildman–Crippen LogP) is 4.35. The molecule has 0 fully saturated rings. The van der Waals surface area contributed by atoms with E-state index in [2.05, 4.69) is 26.0 Å². The minimum Gasteiger partial charge on any atom is -0.460 e. The number of rotatable bonds is 2. The van der Waals surface area contributed by atoms with Crippen LogP contribution in [0.5, 0.6) is 0 Å². The van der Waals surface area contributed by atoms with E-state index in [9.17, 15) is 4.79 Å². The van der Waals surface area contributed by atoms with Crippen molar-refractivity contribution in [2.75, 3.05) is 11.9 Å². The Kier molecular flexibility index (Phi) is 3.05. The number of para-hydroxylation sites is 2. The third-order valence-corrected chi connectivity index (χ3v) is 4.95. The highest BCUT2D eigenvalue weighted by molar-refractivity contribution is 6.04. The lowest BCUT2D eigenvalue weighted by Gasteiger charge is -2.10. The van der Waals surface area contributed by atoms with Gasteiger partial charge in [-0.15, -0.1) is 0 Å². The topological polar surface area (TPSA) is 33.5 Å². The van der Waals surface area contributed by atoms with E-state index in [-0.39, 0.29) is 11.8 Å². The van der Waals surface area contributed by atoms with E-state index in [1.54, 1.807) is 4.90 Å². The van der Waals surface area contributed by atoms with Gasteiger partial charge in [0.25, 0.3) is 0 Å². The summed E-state index contributed by atoms with van der Waals surface area (Å²) in [5.74, 6) is 0.899. The number of aryl methyl sites for hydroxylation is 2. The summed E-state index contributed by atoms with van der Waals surface area (Å²) in [5.41, 5.74) is 5.31. The minimum atomic E-state index is -0.157. The first kappa shape index (κ1) is 14.1. The number of likely N-dealkylation sites (N-methyl/N-ethyl adjacent to an activating group) is 1. The summed E-state index contributed by atoms with van der Waals surface area (Å²) in [5, 5.41) is 1.15. The van der Waals surface area contributed by atoms with Gasteiger partial charge in [0.05, 0.1) is 5.92 Å². The van der Waals surface area contributed by atoms with Gasteiger partial charge in [0, 0.05) is 24.5 Å². The fourth-order valence-corrected chi connectivity index (χ4v) is 3.58. The fraction of sp³-hybridized carbons (Fsp3) is 0.250. The van der Waals surface area contributed by atoms with Crippen LogP contribution in [-0.4, -0.2) is 13.0 Å². The molecule has 116 valence electrons. The van der Waals surface area contributed by atoms with Crippen LogP contribution in [0, 0.1) is 13.8 Å². The van der Waals surface area contributed by atoms with Gasteiger partial charge in [-0.2, -0.15) is 0 Å². The smallest absolute Gasteiger partial charge is 0.234 e. The second-order valence-electron chi connectivity index (χ2n) is 6.31. The van der Waals surface area contributed by atoms with Gasteiger partial charge in [-0.3, -0.25) is 4.79 Å². The van der Waals surface area contributed by atoms with Crippen LogP contribution in [0.1, 0.15) is 28.4 Å². The number of hydrogen-bond acceptors (Lipinski definition) is 2. The standard InChI is InChI=1S/C20H19NO2/c1-12-7-6-9-14-13(2)18(23-19(12)14)11-16-15-8-4-5-10-17(15)21(3)20(16)22/h4-10,16H,11H2,1-3H3. The molecule has 3 nitrogen and oxygen atoms in total. The Morgan fingerprint density at radius 3 is 2.65 bits per heavy atom. The molecule has 2 heterocycles. The summed E-state index contributed by atoms with van der Waals surface area (Å²) in [7, 11) is 1.84. The molecule has 0 spiro atoms. The molecule has 0 saturated heterocycles. The van der Waals surface area contributed by atoms with Crippen molar-refractivity contribution in [3.8, 4) is 0 Å². The molecule has 1 aromatic heterocycles. The Labute approximate surface area is 135 Å². The highest BCUT2D eigenvalue weighted by Crippen LogP contribution is 2.39. The first-order valence-corrected chi connectivity index (χ1v) is 7.92. The Hall–Kier alpha value is -2.55. The van der Waals surface area contributed by atoms with Crippen LogP contribution in [0.25, 0.3) is 11.0 Å². The molecule has 1 aliphatic heterocycles. The van der Waals surface area contributed by atoms with E-state index >= 15 is 0 Å². The SMILES string of the molecule is Cc1c(CC2C(=O)N(C)c3ccccc32)oc2c(C)cccc12. The zero-order valence-electron chi connectivity index (χ0n) is 13.6. The zero-order valence-corrected chi connectivity index (χ0v) is 13.6. The second-order valence-corrected chi connectivity index (χ2v) is 6.31. The van der Waals surface area contributed by atoms with E-state index in [1.807, 2.05) is 37.4 Å². The number of fused-ring (bicyclic) bond motifs is 2. The highest BCUT2D eigenvalue weighted by atomic mass is 16.3. The summed E-state index contributed by atoms with van der Waals surface area (Å²) < 4.78 is 6.12. The van der Waals surface area contributed by atoms with Crippen molar-refractivity contribution in [2.45, 2.75) is 26.2 Å². The average molecular weight is 305 g/mol. The Bertz CT molecular complexity index is 923. The van der Waals surface area contributed by atoms with Crippen LogP contribution in [0.15, 0.2) is 46.9 Å². The maximum Gasteiger partial charge on any atom is 0.234 e. The molecule has 0 radical (unpaired) electrons. The first-order valence-electron chi connectivity index (χ1n) is 7.92. The van der Waals surface area contributed by atoms with Crippen LogP contribution >= 0.6 is 0 Å². The van der Waals surface area contributed by atoms with Crippen molar-refractivity contribution in [3.63, 3.8) is 0 Å². The zero-order chi connectivity index (χ0) is 16.1. The van der Waals surface area contributed by atoms with E-state index in [0.29, 0.717) is 6.42 Å². The van der Waals surface area contributed by atoms with Gasteiger partial charge in [0.15, 0.2) is 0 Å². The van der Waals surface area contributed by atoms with Crippen molar-refractivity contribution in [3.05, 3.63) is 64.9 Å². The van der Waals surface area contributed by atoms with Gasteiger partial charge in [0.1, 0.15) is 11.3 Å². The van der Waals surface area contributed by atoms with Crippen molar-refractivity contribution >= 4 is 22.6 Å². The van der Waals surface area contributed by atoms with Gasteiger partial charge in [-0.05, 0) is 36.6 Å². The van der Waals surface area contributed by atoms with E-state index in [0.717, 1.165) is 39.1 Å². The van der Waals surface area contributed by atoms with Gasteiger partial charge in [0.2, 0.25) is 5.91 Å². The summed E-state index contributed by atoms with van der Waals surface area (Å²) in [6.07, 6.45) is 0.611. The number of amides is 1. The highest BCUT2D eigenvalue weighted by Gasteiger charge is 2.35. The molecule has 1 unspecified atom stereocenters. The number of anilines is 1. The number of carbonyl (C=O) groups excluding carboxylic acids is 1. The fourth-order valence-electron chi connectivity index (χ4n) is 3.58. The minimum absolute atomic E-state index is 0.141. The molecule has 0 N–H and O–H groups in total. The number of carbonyl (C=O) groups is 1. The molecule has 1 amide bonds. The molecule has 3 heteroatoms. The van der Waals surface area contributed by atoms with Crippen molar-refractivity contribution < 1.29 is 9.21 Å². The quantitative estimate of drug-likeness (QED) is 0.705. The summed E-state index contributed by atoms with van der Waals surface area (Å²) in [4.78, 5) is 14.4. The summed E-state index contributed by atoms with van der Waals surface area (Å²) in [6, 6.07) is 14.2. The Morgan fingerprint density at radius 1 is 1.09 bits per heavy atom. The number of nitrogens with zero attached hydrogens (tertiary/aromatic N) is 1. The van der Waals surface area contributed by atoms with Gasteiger partial charge in [-0.25, -0.2) is 0 Å². The van der Waals surface area contributed by atoms with Crippen LogP contribution in [0.2, 0.25) is 0 Å². The normalized spacial score (nSPS) is 17.1. The lowest BCUT2D eigenvalue weighted by atomic mass is 9.94. The van der Waals surface area contributed by atoms with Crippen molar-refractivity contribution in [1.29, 1.82) is 0 Å². The molecular formula is C20H19NO2. The molecule has 2 aromatic carbocycles. The van der Waals surface area contributed by atoms with Crippen LogP contribution in [0.3, 0.4) is 0 Å². The third kappa shape index (κ3) is 2.00. The van der Waals surface area contributed by atoms with Gasteiger partial charge >= 0.3 is 0 Å². The van der Waals surface area contributed by atoms with Crippen molar-refractivity contribution in [2.24, 2.45) is 0 Å². The lowest BCUT2D eigenvalue weighted by Crippen LogP contribution is -2.24. The summed E-state index contributed by atoms with van der Waals surface area (Å²) in [6.45, 7) is 4.13. The number of benzene rings is 2. The van der Waals surface area contributed by atoms with Gasteiger partial charge < -0.3 is 9.32 Å². The van der Waals surface area contributed by atoms with E-state index in [4.69, 9.17) is 4.42 Å². The molecule has 1 atom stereocenters. The number of hydrogen-bond donors (Lipinski definition) is 0. The van der Waals surface area contributed by atoms with Crippen molar-refractivity contribution in [1.82, 2.24) is 0 Å². The second kappa shape index (κ2) is 4.98. The molecule has 0 aliphatic carbocycles. The average Bonchev–Trinajstić information content (AvgIpc) is 3.00. The molecule has 0 saturated carbocycles. The molecular weight excluding hydrogens is 286 g/mol. The summed E-state index contributed by atoms with van der Waals surface area (Å²) >= 11 is 0. The number of furan rings is 1. The monoisotopic (exact) mass is 305 g/mol. The molecule has 1 aliphatic rings. The molecule has 4 rings (SSSR count). The van der Waals surface area contributed by atoms with E-state index < -0.39 is 0 Å². The largest absolute Gasteiger partial charge is 0.460 e. The maximum atomic E-state index is 12.6. The third-order valence-electron chi connectivity index (χ3n) is 4.95. The lowest BCUT2D eigenvalue weighted by molar-refractivity contribution is -0.119. The maximum absolute atomic E-state index is 12.6. The first-order chi connectivity index (χ1) is 11.1. The molecule has 0 bridgehead atoms. The van der Waals surface area contributed by atoms with Crippen LogP contribution < -0.4 is 4.90 Å². The van der Waals surface area contributed by atoms with Crippen LogP contribution in [-0.2, 0) is 11.2 Å².